The van der Waals surface area contributed by atoms with Crippen LogP contribution >= 0.6 is 0 Å². The van der Waals surface area contributed by atoms with Crippen LogP contribution in [-0.2, 0) is 10.8 Å². The Bertz CT molecular complexity index is 3000. The van der Waals surface area contributed by atoms with Crippen LogP contribution in [0.5, 0.6) is 0 Å². The Kier molecular flexibility index (Phi) is 6.07. The largest absolute Gasteiger partial charge is 0.309 e. The van der Waals surface area contributed by atoms with Crippen molar-refractivity contribution in [2.45, 2.75) is 38.5 Å². The van der Waals surface area contributed by atoms with E-state index >= 15 is 0 Å². The second-order valence-electron chi connectivity index (χ2n) is 15.7. The van der Waals surface area contributed by atoms with Gasteiger partial charge in [-0.3, -0.25) is 0 Å². The van der Waals surface area contributed by atoms with E-state index in [2.05, 4.69) is 184 Å². The summed E-state index contributed by atoms with van der Waals surface area (Å²) in [5, 5.41) is 3.68. The second kappa shape index (κ2) is 10.6. The zero-order valence-electron chi connectivity index (χ0n) is 30.3. The Labute approximate surface area is 309 Å². The average Bonchev–Trinajstić information content (AvgIpc) is 3.75. The summed E-state index contributed by atoms with van der Waals surface area (Å²) in [5.74, 6) is 0.722. The van der Waals surface area contributed by atoms with Crippen LogP contribution < -0.4 is 0 Å². The van der Waals surface area contributed by atoms with E-state index in [0.29, 0.717) is 0 Å². The highest BCUT2D eigenvalue weighted by Crippen LogP contribution is 2.63. The molecule has 3 nitrogen and oxygen atoms in total. The summed E-state index contributed by atoms with van der Waals surface area (Å²) >= 11 is 0. The molecule has 0 bridgehead atoms. The molecular weight excluding hydrogens is 643 g/mol. The van der Waals surface area contributed by atoms with E-state index in [4.69, 9.17) is 9.97 Å². The molecule has 3 heteroatoms. The van der Waals surface area contributed by atoms with Gasteiger partial charge in [-0.25, -0.2) is 9.97 Å². The number of rotatable bonds is 3. The maximum atomic E-state index is 5.26. The second-order valence-corrected chi connectivity index (χ2v) is 15.7. The van der Waals surface area contributed by atoms with Gasteiger partial charge in [0.2, 0.25) is 0 Å². The van der Waals surface area contributed by atoms with Gasteiger partial charge in [0, 0.05) is 49.4 Å². The summed E-state index contributed by atoms with van der Waals surface area (Å²) in [6.07, 6.45) is 0. The predicted octanol–water partition coefficient (Wildman–Crippen LogP) is 12.7. The fourth-order valence-corrected chi connectivity index (χ4v) is 9.84. The van der Waals surface area contributed by atoms with E-state index in [9.17, 15) is 0 Å². The zero-order chi connectivity index (χ0) is 35.6. The molecule has 2 aliphatic rings. The van der Waals surface area contributed by atoms with Crippen LogP contribution in [-0.4, -0.2) is 14.5 Å². The molecule has 252 valence electrons. The molecule has 0 N–H and O–H groups in total. The smallest absolute Gasteiger partial charge is 0.160 e. The Balaban J connectivity index is 1.26. The number of nitrogens with zero attached hydrogens (tertiary/aromatic N) is 3. The first-order valence-corrected chi connectivity index (χ1v) is 18.6. The van der Waals surface area contributed by atoms with E-state index in [0.717, 1.165) is 39.2 Å². The molecular formula is C50H37N3. The molecule has 0 saturated carbocycles. The van der Waals surface area contributed by atoms with Gasteiger partial charge in [0.05, 0.1) is 22.2 Å². The van der Waals surface area contributed by atoms with Gasteiger partial charge in [0.1, 0.15) is 0 Å². The van der Waals surface area contributed by atoms with Crippen molar-refractivity contribution in [3.8, 4) is 50.6 Å². The van der Waals surface area contributed by atoms with Gasteiger partial charge in [0.15, 0.2) is 5.82 Å². The van der Waals surface area contributed by atoms with Crippen LogP contribution in [0.15, 0.2) is 152 Å². The first-order valence-electron chi connectivity index (χ1n) is 18.6. The molecule has 9 aromatic rings. The van der Waals surface area contributed by atoms with Gasteiger partial charge in [-0.1, -0.05) is 155 Å². The number of hydrogen-bond donors (Lipinski definition) is 0. The summed E-state index contributed by atoms with van der Waals surface area (Å²) < 4.78 is 2.53. The van der Waals surface area contributed by atoms with Gasteiger partial charge in [-0.15, -0.1) is 0 Å². The van der Waals surface area contributed by atoms with Crippen LogP contribution in [0.4, 0.5) is 0 Å². The number of fused-ring (bicyclic) bond motifs is 13. The Hall–Kier alpha value is -6.32. The minimum Gasteiger partial charge on any atom is -0.309 e. The summed E-state index contributed by atoms with van der Waals surface area (Å²) in [6.45, 7) is 9.69. The predicted molar refractivity (Wildman–Crippen MR) is 220 cm³/mol. The topological polar surface area (TPSA) is 30.7 Å². The molecule has 0 atom stereocenters. The van der Waals surface area contributed by atoms with Crippen molar-refractivity contribution in [2.24, 2.45) is 0 Å². The van der Waals surface area contributed by atoms with Gasteiger partial charge in [0.25, 0.3) is 0 Å². The molecule has 2 heterocycles. The van der Waals surface area contributed by atoms with Gasteiger partial charge in [-0.05, 0) is 63.2 Å². The van der Waals surface area contributed by atoms with Crippen LogP contribution in [0.3, 0.4) is 0 Å². The number of hydrogen-bond acceptors (Lipinski definition) is 2. The fraction of sp³-hybridized carbons (Fsp3) is 0.120. The summed E-state index contributed by atoms with van der Waals surface area (Å²) in [4.78, 5) is 10.4. The van der Waals surface area contributed by atoms with Gasteiger partial charge >= 0.3 is 0 Å². The molecule has 2 aliphatic carbocycles. The average molecular weight is 680 g/mol. The van der Waals surface area contributed by atoms with E-state index in [1.54, 1.807) is 0 Å². The zero-order valence-corrected chi connectivity index (χ0v) is 30.3. The van der Waals surface area contributed by atoms with Crippen LogP contribution in [0.1, 0.15) is 49.9 Å². The maximum absolute atomic E-state index is 5.26. The van der Waals surface area contributed by atoms with Crippen molar-refractivity contribution in [1.29, 1.82) is 0 Å². The number of aromatic nitrogens is 3. The molecule has 0 amide bonds. The van der Waals surface area contributed by atoms with Crippen molar-refractivity contribution < 1.29 is 0 Å². The van der Waals surface area contributed by atoms with Gasteiger partial charge in [-0.2, -0.15) is 0 Å². The van der Waals surface area contributed by atoms with Crippen molar-refractivity contribution in [3.63, 3.8) is 0 Å². The number of para-hydroxylation sites is 2. The molecule has 11 rings (SSSR count). The lowest BCUT2D eigenvalue weighted by atomic mass is 9.75. The highest BCUT2D eigenvalue weighted by molar-refractivity contribution is 6.21. The fourth-order valence-electron chi connectivity index (χ4n) is 9.84. The normalized spacial score (nSPS) is 14.7. The van der Waals surface area contributed by atoms with E-state index < -0.39 is 0 Å². The lowest BCUT2D eigenvalue weighted by Crippen LogP contribution is -2.19. The van der Waals surface area contributed by atoms with Crippen molar-refractivity contribution in [1.82, 2.24) is 14.5 Å². The third kappa shape index (κ3) is 4.00. The lowest BCUT2D eigenvalue weighted by Gasteiger charge is -2.27. The molecule has 0 unspecified atom stereocenters. The summed E-state index contributed by atoms with van der Waals surface area (Å²) in [5.41, 5.74) is 18.3. The third-order valence-electron chi connectivity index (χ3n) is 12.1. The quantitative estimate of drug-likeness (QED) is 0.186. The van der Waals surface area contributed by atoms with Crippen LogP contribution in [0, 0.1) is 0 Å². The molecule has 53 heavy (non-hydrogen) atoms. The van der Waals surface area contributed by atoms with Crippen LogP contribution in [0.2, 0.25) is 0 Å². The minimum absolute atomic E-state index is 0.187. The molecule has 0 saturated heterocycles. The van der Waals surface area contributed by atoms with E-state index in [1.807, 2.05) is 0 Å². The van der Waals surface area contributed by atoms with Crippen LogP contribution in [0.25, 0.3) is 83.3 Å². The molecule has 0 radical (unpaired) electrons. The summed E-state index contributed by atoms with van der Waals surface area (Å²) in [7, 11) is 0. The maximum Gasteiger partial charge on any atom is 0.160 e. The van der Waals surface area contributed by atoms with Crippen molar-refractivity contribution in [2.75, 3.05) is 0 Å². The minimum atomic E-state index is -0.187. The Morgan fingerprint density at radius 3 is 1.87 bits per heavy atom. The first kappa shape index (κ1) is 30.3. The highest BCUT2D eigenvalue weighted by Gasteiger charge is 2.47. The third-order valence-corrected chi connectivity index (χ3v) is 12.1. The summed E-state index contributed by atoms with van der Waals surface area (Å²) in [6, 6.07) is 54.8. The molecule has 0 aliphatic heterocycles. The number of benzene rings is 7. The molecule has 7 aromatic carbocycles. The molecule has 2 aromatic heterocycles. The van der Waals surface area contributed by atoms with E-state index in [-0.39, 0.29) is 10.8 Å². The standard InChI is InChI=1S/C50H37N3/c1-49(2)37-25-12-8-21-33(37)41-44-42(34-22-9-13-26-38(34)50(44,3)4)47-43(45(41)49)36-24-11-15-28-40(36)53(47)32-20-16-19-31(29-32)48-51-39-27-14-10-23-35(39)46(52-48)30-17-6-5-7-18-30/h5-29H,1-4H3. The van der Waals surface area contributed by atoms with Crippen molar-refractivity contribution >= 4 is 32.7 Å². The Morgan fingerprint density at radius 1 is 0.491 bits per heavy atom. The SMILES string of the molecule is CC1(C)c2ccccc2-c2c1c1c(c3c4ccccc4n(-c4cccc(-c5nc(-c6ccccc6)c6ccccc6n5)c4)c23)C(C)(C)c2ccccc2-1. The van der Waals surface area contributed by atoms with E-state index in [1.165, 1.54) is 66.3 Å². The van der Waals surface area contributed by atoms with Gasteiger partial charge < -0.3 is 4.57 Å². The Morgan fingerprint density at radius 2 is 1.09 bits per heavy atom. The van der Waals surface area contributed by atoms with Crippen molar-refractivity contribution in [3.05, 3.63) is 174 Å². The molecule has 0 spiro atoms. The lowest BCUT2D eigenvalue weighted by molar-refractivity contribution is 0.651. The monoisotopic (exact) mass is 679 g/mol. The molecule has 0 fully saturated rings. The first-order chi connectivity index (χ1) is 25.8. The highest BCUT2D eigenvalue weighted by atomic mass is 15.0.